The first kappa shape index (κ1) is 16.9. The Kier molecular flexibility index (Phi) is 5.13. The van der Waals surface area contributed by atoms with Crippen molar-refractivity contribution in [3.8, 4) is 0 Å². The average molecular weight is 340 g/mol. The molecule has 0 radical (unpaired) electrons. The number of amides is 2. The van der Waals surface area contributed by atoms with E-state index in [1.165, 1.54) is 33.0 Å². The number of carboxylic acid groups (broad SMARTS) is 1. The molecule has 2 N–H and O–H groups in total. The lowest BCUT2D eigenvalue weighted by Gasteiger charge is -2.31. The number of aliphatic carboxylic acids is 1. The number of rotatable bonds is 3. The molecule has 20 heavy (non-hydrogen) atoms. The fraction of sp³-hybridized carbons (Fsp3) is 0.333. The second kappa shape index (κ2) is 6.08. The van der Waals surface area contributed by atoms with Gasteiger partial charge in [-0.2, -0.15) is 0 Å². The van der Waals surface area contributed by atoms with E-state index in [4.69, 9.17) is 39.9 Å². The summed E-state index contributed by atoms with van der Waals surface area (Å²) in [6.07, 6.45) is 0. The summed E-state index contributed by atoms with van der Waals surface area (Å²) in [5.74, 6) is -1.13. The summed E-state index contributed by atoms with van der Waals surface area (Å²) in [4.78, 5) is 24.2. The van der Waals surface area contributed by atoms with Crippen LogP contribution in [0.1, 0.15) is 13.8 Å². The van der Waals surface area contributed by atoms with Crippen LogP contribution in [0.3, 0.4) is 0 Å². The highest BCUT2D eigenvalue weighted by atomic mass is 35.5. The molecule has 0 atom stereocenters. The van der Waals surface area contributed by atoms with Crippen LogP contribution in [0.5, 0.6) is 0 Å². The number of nitrogens with zero attached hydrogens (tertiary/aromatic N) is 1. The highest BCUT2D eigenvalue weighted by molar-refractivity contribution is 6.44. The molecule has 0 aliphatic heterocycles. The number of carbonyl (C=O) groups excluding carboxylic acids is 1. The lowest BCUT2D eigenvalue weighted by atomic mass is 10.1. The Morgan fingerprint density at radius 1 is 1.15 bits per heavy atom. The predicted molar refractivity (Wildman–Crippen MR) is 80.0 cm³/mol. The second-order valence-electron chi connectivity index (χ2n) is 4.60. The van der Waals surface area contributed by atoms with Gasteiger partial charge in [-0.15, -0.1) is 0 Å². The summed E-state index contributed by atoms with van der Waals surface area (Å²) in [7, 11) is 1.37. The lowest BCUT2D eigenvalue weighted by Crippen LogP contribution is -2.52. The molecule has 0 saturated heterocycles. The lowest BCUT2D eigenvalue weighted by molar-refractivity contribution is -0.146. The minimum Gasteiger partial charge on any atom is -0.480 e. The Morgan fingerprint density at radius 2 is 1.65 bits per heavy atom. The Labute approximate surface area is 131 Å². The molecule has 1 aromatic carbocycles. The molecule has 0 aliphatic carbocycles. The van der Waals surface area contributed by atoms with Gasteiger partial charge in [0.1, 0.15) is 5.54 Å². The van der Waals surface area contributed by atoms with Crippen molar-refractivity contribution in [2.24, 2.45) is 0 Å². The van der Waals surface area contributed by atoms with Crippen LogP contribution in [-0.2, 0) is 4.79 Å². The van der Waals surface area contributed by atoms with Crippen molar-refractivity contribution in [2.75, 3.05) is 12.4 Å². The van der Waals surface area contributed by atoms with E-state index in [0.29, 0.717) is 0 Å². The first-order valence-electron chi connectivity index (χ1n) is 5.50. The quantitative estimate of drug-likeness (QED) is 0.819. The van der Waals surface area contributed by atoms with Crippen LogP contribution in [0, 0.1) is 0 Å². The second-order valence-corrected chi connectivity index (χ2v) is 5.82. The van der Waals surface area contributed by atoms with Crippen molar-refractivity contribution in [1.29, 1.82) is 0 Å². The maximum atomic E-state index is 12.0. The first-order valence-corrected chi connectivity index (χ1v) is 6.63. The number of carboxylic acids is 1. The Hall–Kier alpha value is -1.17. The number of urea groups is 1. The monoisotopic (exact) mass is 338 g/mol. The molecule has 1 rings (SSSR count). The third-order valence-electron chi connectivity index (χ3n) is 2.92. The van der Waals surface area contributed by atoms with Crippen LogP contribution in [0.4, 0.5) is 10.5 Å². The van der Waals surface area contributed by atoms with E-state index in [-0.39, 0.29) is 20.8 Å². The predicted octanol–water partition coefficient (Wildman–Crippen LogP) is 3.97. The van der Waals surface area contributed by atoms with Crippen LogP contribution in [-0.4, -0.2) is 34.6 Å². The number of anilines is 1. The van der Waals surface area contributed by atoms with E-state index in [1.807, 2.05) is 0 Å². The molecule has 0 spiro atoms. The molecule has 0 saturated carbocycles. The number of nitrogens with one attached hydrogen (secondary N) is 1. The van der Waals surface area contributed by atoms with Crippen molar-refractivity contribution >= 4 is 52.5 Å². The van der Waals surface area contributed by atoms with Crippen molar-refractivity contribution in [2.45, 2.75) is 19.4 Å². The minimum atomic E-state index is -1.37. The normalized spacial score (nSPS) is 11.1. The molecule has 2 amide bonds. The Balaban J connectivity index is 2.97. The van der Waals surface area contributed by atoms with Crippen LogP contribution < -0.4 is 5.32 Å². The summed E-state index contributed by atoms with van der Waals surface area (Å²) in [5.41, 5.74) is -1.12. The van der Waals surface area contributed by atoms with Gasteiger partial charge in [0.05, 0.1) is 20.8 Å². The molecule has 1 aromatic rings. The molecule has 8 heteroatoms. The summed E-state index contributed by atoms with van der Waals surface area (Å²) >= 11 is 17.6. The summed E-state index contributed by atoms with van der Waals surface area (Å²) in [6.45, 7) is 2.82. The Morgan fingerprint density at radius 3 is 2.15 bits per heavy atom. The molecule has 5 nitrogen and oxygen atoms in total. The first-order chi connectivity index (χ1) is 9.07. The highest BCUT2D eigenvalue weighted by Gasteiger charge is 2.35. The third kappa shape index (κ3) is 3.48. The number of hydrogen-bond acceptors (Lipinski definition) is 2. The smallest absolute Gasteiger partial charge is 0.329 e. The molecule has 0 bridgehead atoms. The largest absolute Gasteiger partial charge is 0.480 e. The zero-order valence-corrected chi connectivity index (χ0v) is 13.3. The van der Waals surface area contributed by atoms with E-state index in [0.717, 1.165) is 4.90 Å². The SMILES string of the molecule is CN(C(=O)Nc1cc(Cl)c(Cl)cc1Cl)C(C)(C)C(=O)O. The number of likely N-dealkylation sites (N-methyl/N-ethyl adjacent to an activating group) is 1. The van der Waals surface area contributed by atoms with Gasteiger partial charge in [0, 0.05) is 7.05 Å². The Bertz CT molecular complexity index is 561. The summed E-state index contributed by atoms with van der Waals surface area (Å²) < 4.78 is 0. The van der Waals surface area contributed by atoms with Gasteiger partial charge in [-0.1, -0.05) is 34.8 Å². The molecule has 0 heterocycles. The molecule has 0 aliphatic rings. The third-order valence-corrected chi connectivity index (χ3v) is 3.95. The van der Waals surface area contributed by atoms with Gasteiger partial charge in [0.2, 0.25) is 0 Å². The standard InChI is InChI=1S/C12H13Cl3N2O3/c1-12(2,10(18)19)17(3)11(20)16-9-5-7(14)6(13)4-8(9)15/h4-5H,1-3H3,(H,16,20)(H,18,19). The van der Waals surface area contributed by atoms with Gasteiger partial charge >= 0.3 is 12.0 Å². The van der Waals surface area contributed by atoms with Gasteiger partial charge in [-0.25, -0.2) is 9.59 Å². The van der Waals surface area contributed by atoms with Crippen molar-refractivity contribution in [3.05, 3.63) is 27.2 Å². The van der Waals surface area contributed by atoms with Crippen LogP contribution >= 0.6 is 34.8 Å². The number of halogens is 3. The van der Waals surface area contributed by atoms with Gasteiger partial charge in [0.25, 0.3) is 0 Å². The van der Waals surface area contributed by atoms with E-state index in [1.54, 1.807) is 0 Å². The zero-order valence-electron chi connectivity index (χ0n) is 11.0. The van der Waals surface area contributed by atoms with E-state index >= 15 is 0 Å². The van der Waals surface area contributed by atoms with E-state index < -0.39 is 17.5 Å². The molecule has 0 unspecified atom stereocenters. The summed E-state index contributed by atoms with van der Waals surface area (Å²) in [5, 5.41) is 12.3. The van der Waals surface area contributed by atoms with Crippen molar-refractivity contribution in [1.82, 2.24) is 4.90 Å². The molecule has 0 fully saturated rings. The van der Waals surface area contributed by atoms with Crippen molar-refractivity contribution < 1.29 is 14.7 Å². The zero-order chi connectivity index (χ0) is 15.7. The van der Waals surface area contributed by atoms with E-state index in [2.05, 4.69) is 5.32 Å². The summed E-state index contributed by atoms with van der Waals surface area (Å²) in [6, 6.07) is 2.16. The number of carbonyl (C=O) groups is 2. The topological polar surface area (TPSA) is 69.6 Å². The van der Waals surface area contributed by atoms with Gasteiger partial charge in [0.15, 0.2) is 0 Å². The number of benzene rings is 1. The fourth-order valence-corrected chi connectivity index (χ4v) is 1.81. The molecular weight excluding hydrogens is 327 g/mol. The maximum Gasteiger partial charge on any atom is 0.329 e. The maximum absolute atomic E-state index is 12.0. The highest BCUT2D eigenvalue weighted by Crippen LogP contribution is 2.32. The van der Waals surface area contributed by atoms with Gasteiger partial charge in [-0.3, -0.25) is 0 Å². The van der Waals surface area contributed by atoms with E-state index in [9.17, 15) is 9.59 Å². The molecule has 0 aromatic heterocycles. The molecule has 110 valence electrons. The minimum absolute atomic E-state index is 0.203. The van der Waals surface area contributed by atoms with Gasteiger partial charge in [-0.05, 0) is 26.0 Å². The fourth-order valence-electron chi connectivity index (χ4n) is 1.21. The molecular formula is C12H13Cl3N2O3. The number of hydrogen-bond donors (Lipinski definition) is 2. The van der Waals surface area contributed by atoms with Crippen LogP contribution in [0.15, 0.2) is 12.1 Å². The van der Waals surface area contributed by atoms with Crippen LogP contribution in [0.2, 0.25) is 15.1 Å². The van der Waals surface area contributed by atoms with Crippen LogP contribution in [0.25, 0.3) is 0 Å². The van der Waals surface area contributed by atoms with Gasteiger partial charge < -0.3 is 15.3 Å². The average Bonchev–Trinajstić information content (AvgIpc) is 2.34. The van der Waals surface area contributed by atoms with Crippen molar-refractivity contribution in [3.63, 3.8) is 0 Å².